The van der Waals surface area contributed by atoms with E-state index in [-0.39, 0.29) is 35.2 Å². The highest BCUT2D eigenvalue weighted by molar-refractivity contribution is 6.02. The van der Waals surface area contributed by atoms with E-state index in [1.54, 1.807) is 61.6 Å². The molecule has 0 fully saturated rings. The number of hydrogen-bond acceptors (Lipinski definition) is 7. The summed E-state index contributed by atoms with van der Waals surface area (Å²) in [5.41, 5.74) is 4.40. The van der Waals surface area contributed by atoms with Gasteiger partial charge in [-0.3, -0.25) is 9.59 Å². The van der Waals surface area contributed by atoms with E-state index in [2.05, 4.69) is 19.9 Å². The predicted octanol–water partition coefficient (Wildman–Crippen LogP) is 8.13. The molecule has 1 aromatic heterocycles. The molecule has 2 amide bonds. The van der Waals surface area contributed by atoms with Crippen molar-refractivity contribution in [1.29, 1.82) is 0 Å². The molecule has 0 saturated heterocycles. The van der Waals surface area contributed by atoms with Crippen LogP contribution in [0.4, 0.5) is 0 Å². The molecule has 3 aromatic carbocycles. The number of nitrogens with zero attached hydrogens (tertiary/aromatic N) is 4. The average Bonchev–Trinajstić information content (AvgIpc) is 3.50. The van der Waals surface area contributed by atoms with Crippen molar-refractivity contribution in [3.63, 3.8) is 0 Å². The fourth-order valence-electron chi connectivity index (χ4n) is 6.42. The summed E-state index contributed by atoms with van der Waals surface area (Å²) >= 11 is 0. The Kier molecular flexibility index (Phi) is 13.2. The van der Waals surface area contributed by atoms with Crippen molar-refractivity contribution in [1.82, 2.24) is 19.6 Å². The van der Waals surface area contributed by atoms with Crippen LogP contribution in [0.1, 0.15) is 119 Å². The molecule has 54 heavy (non-hydrogen) atoms. The number of rotatable bonds is 14. The van der Waals surface area contributed by atoms with Gasteiger partial charge in [0.25, 0.3) is 11.8 Å². The Labute approximate surface area is 318 Å². The number of esters is 2. The first-order valence-corrected chi connectivity index (χ1v) is 18.9. The van der Waals surface area contributed by atoms with Crippen molar-refractivity contribution in [2.24, 2.45) is 0 Å². The molecule has 0 aliphatic carbocycles. The van der Waals surface area contributed by atoms with Crippen molar-refractivity contribution in [2.75, 3.05) is 19.6 Å². The van der Waals surface area contributed by atoms with Gasteiger partial charge < -0.3 is 19.3 Å². The van der Waals surface area contributed by atoms with E-state index in [1.165, 1.54) is 11.6 Å². The number of aromatic nitrogens is 2. The van der Waals surface area contributed by atoms with Crippen molar-refractivity contribution in [2.45, 2.75) is 92.4 Å². The summed E-state index contributed by atoms with van der Waals surface area (Å²) in [4.78, 5) is 58.7. The monoisotopic (exact) mass is 732 g/mol. The van der Waals surface area contributed by atoms with Crippen LogP contribution < -0.4 is 0 Å². The molecule has 0 spiro atoms. The molecule has 1 aliphatic rings. The van der Waals surface area contributed by atoms with Gasteiger partial charge in [-0.15, -0.1) is 0 Å². The molecule has 0 N–H and O–H groups in total. The molecule has 0 unspecified atom stereocenters. The van der Waals surface area contributed by atoms with Crippen molar-refractivity contribution >= 4 is 29.8 Å². The summed E-state index contributed by atoms with van der Waals surface area (Å²) in [5, 5.41) is 4.88. The Morgan fingerprint density at radius 2 is 1.56 bits per heavy atom. The Hall–Kier alpha value is -5.51. The van der Waals surface area contributed by atoms with E-state index in [4.69, 9.17) is 14.6 Å². The van der Waals surface area contributed by atoms with Crippen molar-refractivity contribution in [3.8, 4) is 5.69 Å². The zero-order valence-corrected chi connectivity index (χ0v) is 32.4. The van der Waals surface area contributed by atoms with Gasteiger partial charge in [0, 0.05) is 43.5 Å². The van der Waals surface area contributed by atoms with Crippen LogP contribution in [0.15, 0.2) is 78.9 Å². The Bertz CT molecular complexity index is 1980. The van der Waals surface area contributed by atoms with Crippen LogP contribution in [-0.4, -0.2) is 68.6 Å². The van der Waals surface area contributed by atoms with Crippen LogP contribution in [0.5, 0.6) is 0 Å². The number of amides is 2. The summed E-state index contributed by atoms with van der Waals surface area (Å²) in [7, 11) is 0. The lowest BCUT2D eigenvalue weighted by Gasteiger charge is -2.29. The van der Waals surface area contributed by atoms with E-state index >= 15 is 0 Å². The van der Waals surface area contributed by atoms with Crippen LogP contribution in [0, 0.1) is 6.92 Å². The molecule has 0 atom stereocenters. The fraction of sp³-hybridized carbons (Fsp3) is 0.386. The molecule has 0 saturated carbocycles. The number of carbonyl (C=O) groups excluding carboxylic acids is 4. The van der Waals surface area contributed by atoms with Gasteiger partial charge in [-0.2, -0.15) is 5.10 Å². The molecule has 10 heteroatoms. The molecule has 0 bridgehead atoms. The SMILES string of the molecule is CCCCN(CCCC)C(=O)c1nn(-c2ccc(C(=O)OCc3ccccc3)cc2C(=O)N2CCc3ccccc3C2)c(C)c1/C=C/C(=O)OC(C)(C)C. The summed E-state index contributed by atoms with van der Waals surface area (Å²) < 4.78 is 12.8. The molecule has 1 aliphatic heterocycles. The van der Waals surface area contributed by atoms with Gasteiger partial charge in [-0.1, -0.05) is 81.3 Å². The van der Waals surface area contributed by atoms with Crippen LogP contribution in [-0.2, 0) is 33.8 Å². The van der Waals surface area contributed by atoms with Crippen molar-refractivity contribution in [3.05, 3.63) is 124 Å². The van der Waals surface area contributed by atoms with E-state index < -0.39 is 17.5 Å². The normalized spacial score (nSPS) is 12.7. The Balaban J connectivity index is 1.61. The Morgan fingerprint density at radius 3 is 2.22 bits per heavy atom. The Morgan fingerprint density at radius 1 is 0.889 bits per heavy atom. The summed E-state index contributed by atoms with van der Waals surface area (Å²) in [6.07, 6.45) is 7.07. The first kappa shape index (κ1) is 39.7. The number of unbranched alkanes of at least 4 members (excludes halogenated alkanes) is 2. The topological polar surface area (TPSA) is 111 Å². The third-order valence-electron chi connectivity index (χ3n) is 9.33. The van der Waals surface area contributed by atoms with Gasteiger partial charge in [-0.05, 0) is 87.9 Å². The highest BCUT2D eigenvalue weighted by Gasteiger charge is 2.29. The minimum atomic E-state index is -0.704. The highest BCUT2D eigenvalue weighted by Crippen LogP contribution is 2.28. The van der Waals surface area contributed by atoms with E-state index in [9.17, 15) is 19.2 Å². The van der Waals surface area contributed by atoms with Gasteiger partial charge in [-0.25, -0.2) is 14.3 Å². The zero-order valence-electron chi connectivity index (χ0n) is 32.4. The van der Waals surface area contributed by atoms with E-state index in [0.29, 0.717) is 49.5 Å². The first-order chi connectivity index (χ1) is 25.9. The minimum absolute atomic E-state index is 0.0806. The van der Waals surface area contributed by atoms with Crippen LogP contribution in [0.25, 0.3) is 11.8 Å². The molecule has 10 nitrogen and oxygen atoms in total. The molecule has 0 radical (unpaired) electrons. The predicted molar refractivity (Wildman–Crippen MR) is 209 cm³/mol. The average molecular weight is 733 g/mol. The molecule has 4 aromatic rings. The van der Waals surface area contributed by atoms with Gasteiger partial charge in [0.2, 0.25) is 0 Å². The second-order valence-corrected chi connectivity index (χ2v) is 14.7. The third-order valence-corrected chi connectivity index (χ3v) is 9.33. The summed E-state index contributed by atoms with van der Waals surface area (Å²) in [6.45, 7) is 13.4. The zero-order chi connectivity index (χ0) is 38.8. The van der Waals surface area contributed by atoms with Gasteiger partial charge in [0.1, 0.15) is 12.2 Å². The number of carbonyl (C=O) groups is 4. The second kappa shape index (κ2) is 18.0. The molecule has 2 heterocycles. The maximum absolute atomic E-state index is 14.6. The second-order valence-electron chi connectivity index (χ2n) is 14.7. The highest BCUT2D eigenvalue weighted by atomic mass is 16.6. The molecule has 284 valence electrons. The lowest BCUT2D eigenvalue weighted by molar-refractivity contribution is -0.148. The van der Waals surface area contributed by atoms with Crippen LogP contribution in [0.3, 0.4) is 0 Å². The smallest absolute Gasteiger partial charge is 0.338 e. The fourth-order valence-corrected chi connectivity index (χ4v) is 6.42. The number of fused-ring (bicyclic) bond motifs is 1. The number of benzene rings is 3. The first-order valence-electron chi connectivity index (χ1n) is 18.9. The van der Waals surface area contributed by atoms with E-state index in [1.807, 2.05) is 53.4 Å². The maximum atomic E-state index is 14.6. The van der Waals surface area contributed by atoms with Gasteiger partial charge in [0.15, 0.2) is 5.69 Å². The van der Waals surface area contributed by atoms with E-state index in [0.717, 1.165) is 36.8 Å². The van der Waals surface area contributed by atoms with Crippen molar-refractivity contribution < 1.29 is 28.7 Å². The van der Waals surface area contributed by atoms with Crippen LogP contribution >= 0.6 is 0 Å². The lowest BCUT2D eigenvalue weighted by atomic mass is 9.98. The number of ether oxygens (including phenoxy) is 2. The number of hydrogen-bond donors (Lipinski definition) is 0. The quantitative estimate of drug-likeness (QED) is 0.0951. The summed E-state index contributed by atoms with van der Waals surface area (Å²) in [5.74, 6) is -1.66. The minimum Gasteiger partial charge on any atom is -0.457 e. The molecular weight excluding hydrogens is 681 g/mol. The lowest BCUT2D eigenvalue weighted by Crippen LogP contribution is -2.36. The molecule has 5 rings (SSSR count). The largest absolute Gasteiger partial charge is 0.457 e. The summed E-state index contributed by atoms with van der Waals surface area (Å²) in [6, 6.07) is 22.3. The molecular formula is C44H52N4O6. The van der Waals surface area contributed by atoms with Gasteiger partial charge in [0.05, 0.1) is 16.8 Å². The van der Waals surface area contributed by atoms with Gasteiger partial charge >= 0.3 is 11.9 Å². The standard InChI is InChI=1S/C44H52N4O6/c1-7-9-25-46(26-10-8-2)42(51)40-36(21-23-39(49)54-44(4,5)6)31(3)48(45-40)38-22-20-34(43(52)53-30-32-16-12-11-13-17-32)28-37(38)41(50)47-27-24-33-18-14-15-19-35(33)29-47/h11-23,28H,7-10,24-27,29-30H2,1-6H3/b23-21+. The third kappa shape index (κ3) is 9.92. The van der Waals surface area contributed by atoms with Crippen LogP contribution in [0.2, 0.25) is 0 Å². The maximum Gasteiger partial charge on any atom is 0.338 e.